The second-order valence-corrected chi connectivity index (χ2v) is 4.76. The van der Waals surface area contributed by atoms with Crippen molar-refractivity contribution in [2.24, 2.45) is 0 Å². The molecule has 0 aliphatic carbocycles. The van der Waals surface area contributed by atoms with E-state index in [-0.39, 0.29) is 0 Å². The Labute approximate surface area is 101 Å². The second-order valence-electron chi connectivity index (χ2n) is 3.50. The molecule has 0 amide bonds. The van der Waals surface area contributed by atoms with Gasteiger partial charge >= 0.3 is 0 Å². The SMILES string of the molecule is C=C(CS)CSc1nc(C)c(C)c(C)n1. The highest BCUT2D eigenvalue weighted by Crippen LogP contribution is 2.19. The van der Waals surface area contributed by atoms with Gasteiger partial charge in [-0.2, -0.15) is 12.6 Å². The van der Waals surface area contributed by atoms with Gasteiger partial charge in [-0.05, 0) is 26.3 Å². The van der Waals surface area contributed by atoms with Gasteiger partial charge < -0.3 is 0 Å². The Morgan fingerprint density at radius 1 is 1.27 bits per heavy atom. The molecule has 0 unspecified atom stereocenters. The molecule has 1 aromatic heterocycles. The summed E-state index contributed by atoms with van der Waals surface area (Å²) >= 11 is 5.78. The first-order chi connectivity index (χ1) is 7.04. The van der Waals surface area contributed by atoms with Gasteiger partial charge in [0.25, 0.3) is 0 Å². The molecule has 0 spiro atoms. The van der Waals surface area contributed by atoms with Crippen molar-refractivity contribution in [1.29, 1.82) is 0 Å². The Hall–Kier alpha value is -0.480. The summed E-state index contributed by atoms with van der Waals surface area (Å²) in [5, 5.41) is 0.832. The summed E-state index contributed by atoms with van der Waals surface area (Å²) in [4.78, 5) is 8.85. The van der Waals surface area contributed by atoms with E-state index in [0.717, 1.165) is 33.6 Å². The molecule has 0 atom stereocenters. The normalized spacial score (nSPS) is 10.4. The maximum atomic E-state index is 4.43. The third-order valence-corrected chi connectivity index (χ3v) is 3.68. The minimum Gasteiger partial charge on any atom is -0.228 e. The fraction of sp³-hybridized carbons (Fsp3) is 0.455. The first-order valence-corrected chi connectivity index (χ1v) is 6.38. The maximum absolute atomic E-state index is 4.43. The minimum atomic E-state index is 0.719. The first kappa shape index (κ1) is 12.6. The molecule has 0 N–H and O–H groups in total. The Morgan fingerprint density at radius 2 is 1.80 bits per heavy atom. The van der Waals surface area contributed by atoms with E-state index >= 15 is 0 Å². The van der Waals surface area contributed by atoms with Crippen LogP contribution in [0.1, 0.15) is 17.0 Å². The maximum Gasteiger partial charge on any atom is 0.188 e. The van der Waals surface area contributed by atoms with Crippen LogP contribution in [0.25, 0.3) is 0 Å². The van der Waals surface area contributed by atoms with Crippen molar-refractivity contribution in [1.82, 2.24) is 9.97 Å². The van der Waals surface area contributed by atoms with E-state index in [9.17, 15) is 0 Å². The summed E-state index contributed by atoms with van der Waals surface area (Å²) in [6.07, 6.45) is 0. The number of hydrogen-bond donors (Lipinski definition) is 1. The molecule has 0 fully saturated rings. The number of hydrogen-bond acceptors (Lipinski definition) is 4. The van der Waals surface area contributed by atoms with E-state index < -0.39 is 0 Å². The van der Waals surface area contributed by atoms with Crippen molar-refractivity contribution in [2.75, 3.05) is 11.5 Å². The van der Waals surface area contributed by atoms with Crippen LogP contribution in [0.2, 0.25) is 0 Å². The van der Waals surface area contributed by atoms with Gasteiger partial charge in [-0.25, -0.2) is 9.97 Å². The highest BCUT2D eigenvalue weighted by atomic mass is 32.2. The first-order valence-electron chi connectivity index (χ1n) is 4.76. The van der Waals surface area contributed by atoms with E-state index in [0.29, 0.717) is 0 Å². The molecule has 1 aromatic rings. The summed E-state index contributed by atoms with van der Waals surface area (Å²) in [7, 11) is 0. The fourth-order valence-electron chi connectivity index (χ4n) is 1.02. The van der Waals surface area contributed by atoms with Gasteiger partial charge in [0.2, 0.25) is 0 Å². The van der Waals surface area contributed by atoms with Gasteiger partial charge in [-0.3, -0.25) is 0 Å². The van der Waals surface area contributed by atoms with Gasteiger partial charge in [-0.1, -0.05) is 23.9 Å². The van der Waals surface area contributed by atoms with Crippen LogP contribution in [0, 0.1) is 20.8 Å². The topological polar surface area (TPSA) is 25.8 Å². The van der Waals surface area contributed by atoms with Crippen LogP contribution in [0.4, 0.5) is 0 Å². The lowest BCUT2D eigenvalue weighted by atomic mass is 10.2. The third kappa shape index (κ3) is 3.54. The number of nitrogens with zero attached hydrogens (tertiary/aromatic N) is 2. The molecule has 4 heteroatoms. The van der Waals surface area contributed by atoms with Crippen molar-refractivity contribution in [3.05, 3.63) is 29.1 Å². The molecule has 15 heavy (non-hydrogen) atoms. The second kappa shape index (κ2) is 5.56. The van der Waals surface area contributed by atoms with Crippen LogP contribution in [-0.4, -0.2) is 21.5 Å². The molecule has 0 aliphatic rings. The quantitative estimate of drug-likeness (QED) is 0.379. The zero-order valence-electron chi connectivity index (χ0n) is 9.37. The smallest absolute Gasteiger partial charge is 0.188 e. The minimum absolute atomic E-state index is 0.719. The molecule has 82 valence electrons. The van der Waals surface area contributed by atoms with E-state index in [4.69, 9.17) is 0 Å². The van der Waals surface area contributed by atoms with Crippen LogP contribution in [0.15, 0.2) is 17.3 Å². The van der Waals surface area contributed by atoms with E-state index in [1.165, 1.54) is 5.56 Å². The van der Waals surface area contributed by atoms with Crippen molar-refractivity contribution < 1.29 is 0 Å². The van der Waals surface area contributed by atoms with Crippen LogP contribution in [0.5, 0.6) is 0 Å². The Bertz CT molecular complexity index is 352. The van der Waals surface area contributed by atoms with Crippen LogP contribution in [-0.2, 0) is 0 Å². The number of aryl methyl sites for hydroxylation is 2. The van der Waals surface area contributed by atoms with Crippen LogP contribution >= 0.6 is 24.4 Å². The van der Waals surface area contributed by atoms with Crippen molar-refractivity contribution in [3.63, 3.8) is 0 Å². The molecule has 0 radical (unpaired) electrons. The van der Waals surface area contributed by atoms with Gasteiger partial charge in [0, 0.05) is 22.9 Å². The van der Waals surface area contributed by atoms with Crippen molar-refractivity contribution in [3.8, 4) is 0 Å². The third-order valence-electron chi connectivity index (χ3n) is 2.24. The highest BCUT2D eigenvalue weighted by Gasteiger charge is 2.05. The van der Waals surface area contributed by atoms with Gasteiger partial charge in [0.1, 0.15) is 0 Å². The summed E-state index contributed by atoms with van der Waals surface area (Å²) in [6.45, 7) is 9.98. The number of rotatable bonds is 4. The lowest BCUT2D eigenvalue weighted by Crippen LogP contribution is -1.99. The van der Waals surface area contributed by atoms with Crippen LogP contribution in [0.3, 0.4) is 0 Å². The van der Waals surface area contributed by atoms with Crippen LogP contribution < -0.4 is 0 Å². The molecule has 2 nitrogen and oxygen atoms in total. The average molecular weight is 240 g/mol. The zero-order valence-corrected chi connectivity index (χ0v) is 11.1. The molecular weight excluding hydrogens is 224 g/mol. The molecule has 1 rings (SSSR count). The lowest BCUT2D eigenvalue weighted by Gasteiger charge is -2.06. The molecule has 0 aromatic carbocycles. The molecule has 0 saturated heterocycles. The lowest BCUT2D eigenvalue weighted by molar-refractivity contribution is 0.881. The molecule has 0 saturated carbocycles. The highest BCUT2D eigenvalue weighted by molar-refractivity contribution is 7.99. The predicted molar refractivity (Wildman–Crippen MR) is 70.0 cm³/mol. The van der Waals surface area contributed by atoms with Gasteiger partial charge in [0.15, 0.2) is 5.16 Å². The van der Waals surface area contributed by atoms with Gasteiger partial charge in [0.05, 0.1) is 0 Å². The summed E-state index contributed by atoms with van der Waals surface area (Å²) < 4.78 is 0. The fourth-order valence-corrected chi connectivity index (χ4v) is 2.12. The summed E-state index contributed by atoms with van der Waals surface area (Å²) in [6, 6.07) is 0. The summed E-state index contributed by atoms with van der Waals surface area (Å²) in [5.41, 5.74) is 4.39. The Balaban J connectivity index is 2.75. The molecular formula is C11H16N2S2. The predicted octanol–water partition coefficient (Wildman–Crippen LogP) is 2.98. The number of aromatic nitrogens is 2. The molecule has 0 aliphatic heterocycles. The van der Waals surface area contributed by atoms with Crippen molar-refractivity contribution in [2.45, 2.75) is 25.9 Å². The van der Waals surface area contributed by atoms with Gasteiger partial charge in [-0.15, -0.1) is 0 Å². The molecule has 1 heterocycles. The summed E-state index contributed by atoms with van der Waals surface area (Å²) in [5.74, 6) is 1.56. The number of thiol groups is 1. The zero-order chi connectivity index (χ0) is 11.4. The van der Waals surface area contributed by atoms with Crippen molar-refractivity contribution >= 4 is 24.4 Å². The van der Waals surface area contributed by atoms with E-state index in [1.807, 2.05) is 20.8 Å². The largest absolute Gasteiger partial charge is 0.228 e. The monoisotopic (exact) mass is 240 g/mol. The standard InChI is InChI=1S/C11H16N2S2/c1-7(5-14)6-15-11-12-9(3)8(2)10(4)13-11/h14H,1,5-6H2,2-4H3. The Morgan fingerprint density at radius 3 is 2.27 bits per heavy atom. The van der Waals surface area contributed by atoms with E-state index in [2.05, 4.69) is 29.2 Å². The number of thioether (sulfide) groups is 1. The Kier molecular flexibility index (Phi) is 4.67. The van der Waals surface area contributed by atoms with E-state index in [1.54, 1.807) is 11.8 Å². The average Bonchev–Trinajstić information content (AvgIpc) is 2.22. The molecule has 0 bridgehead atoms.